The average Bonchev–Trinajstić information content (AvgIpc) is 3.06. The third-order valence-corrected chi connectivity index (χ3v) is 5.35. The van der Waals surface area contributed by atoms with Crippen LogP contribution >= 0.6 is 0 Å². The molecule has 0 aliphatic heterocycles. The van der Waals surface area contributed by atoms with Crippen LogP contribution in [0, 0.1) is 5.92 Å². The second-order valence-corrected chi connectivity index (χ2v) is 7.23. The van der Waals surface area contributed by atoms with Crippen molar-refractivity contribution < 1.29 is 4.79 Å². The fraction of sp³-hybridized carbons (Fsp3) is 0.381. The Balaban J connectivity index is 1.89. The minimum Gasteiger partial charge on any atom is -0.355 e. The molecule has 2 unspecified atom stereocenters. The van der Waals surface area contributed by atoms with Gasteiger partial charge in [-0.25, -0.2) is 4.98 Å². The summed E-state index contributed by atoms with van der Waals surface area (Å²) < 4.78 is 2.35. The van der Waals surface area contributed by atoms with E-state index in [1.165, 1.54) is 12.8 Å². The molecule has 134 valence electrons. The van der Waals surface area contributed by atoms with Crippen LogP contribution in [0.15, 0.2) is 42.6 Å². The van der Waals surface area contributed by atoms with Gasteiger partial charge in [0.15, 0.2) is 5.82 Å². The van der Waals surface area contributed by atoms with Gasteiger partial charge >= 0.3 is 0 Å². The van der Waals surface area contributed by atoms with Gasteiger partial charge in [-0.15, -0.1) is 0 Å². The Morgan fingerprint density at radius 3 is 2.85 bits per heavy atom. The molecule has 1 fully saturated rings. The van der Waals surface area contributed by atoms with Crippen molar-refractivity contribution >= 4 is 16.9 Å². The molecule has 4 rings (SSSR count). The maximum atomic E-state index is 12.0. The molecule has 1 aromatic carbocycles. The standard InChI is InChI=1S/C21H24N4O/c1-14-6-5-7-16(12-14)25-19-10-9-15(21(26)22-2)13-18(19)24-20(25)17-8-3-4-11-23-17/h3-4,8-11,13-14,16H,5-7,12H2,1-2H3,(H,22,26). The molecule has 0 bridgehead atoms. The number of aromatic nitrogens is 3. The number of hydrogen-bond donors (Lipinski definition) is 1. The van der Waals surface area contributed by atoms with Crippen LogP contribution in [-0.2, 0) is 0 Å². The molecule has 2 heterocycles. The van der Waals surface area contributed by atoms with Gasteiger partial charge in [0.2, 0.25) is 0 Å². The van der Waals surface area contributed by atoms with Crippen LogP contribution in [0.4, 0.5) is 0 Å². The number of carbonyl (C=O) groups is 1. The van der Waals surface area contributed by atoms with E-state index in [1.807, 2.05) is 36.4 Å². The van der Waals surface area contributed by atoms with Crippen LogP contribution in [0.25, 0.3) is 22.6 Å². The van der Waals surface area contributed by atoms with Gasteiger partial charge in [0.25, 0.3) is 5.91 Å². The molecule has 0 spiro atoms. The summed E-state index contributed by atoms with van der Waals surface area (Å²) in [7, 11) is 1.65. The van der Waals surface area contributed by atoms with E-state index in [0.717, 1.165) is 35.4 Å². The van der Waals surface area contributed by atoms with E-state index in [2.05, 4.69) is 21.8 Å². The predicted molar refractivity (Wildman–Crippen MR) is 103 cm³/mol. The second-order valence-electron chi connectivity index (χ2n) is 7.23. The molecule has 5 nitrogen and oxygen atoms in total. The molecular weight excluding hydrogens is 324 g/mol. The molecule has 0 saturated heterocycles. The SMILES string of the molecule is CNC(=O)c1ccc2c(c1)nc(-c1ccccn1)n2C1CCCC(C)C1. The van der Waals surface area contributed by atoms with Crippen molar-refractivity contribution in [2.45, 2.75) is 38.6 Å². The van der Waals surface area contributed by atoms with E-state index in [-0.39, 0.29) is 5.91 Å². The van der Waals surface area contributed by atoms with Crippen LogP contribution in [-0.4, -0.2) is 27.5 Å². The summed E-state index contributed by atoms with van der Waals surface area (Å²) in [6.45, 7) is 2.33. The van der Waals surface area contributed by atoms with E-state index in [0.29, 0.717) is 17.5 Å². The Hall–Kier alpha value is -2.69. The lowest BCUT2D eigenvalue weighted by atomic mass is 9.86. The minimum absolute atomic E-state index is 0.0906. The summed E-state index contributed by atoms with van der Waals surface area (Å²) in [6, 6.07) is 12.1. The molecule has 1 aliphatic rings. The van der Waals surface area contributed by atoms with Crippen molar-refractivity contribution in [2.75, 3.05) is 7.05 Å². The number of rotatable bonds is 3. The lowest BCUT2D eigenvalue weighted by Crippen LogP contribution is -2.19. The summed E-state index contributed by atoms with van der Waals surface area (Å²) >= 11 is 0. The first kappa shape index (κ1) is 16.8. The number of hydrogen-bond acceptors (Lipinski definition) is 3. The van der Waals surface area contributed by atoms with Gasteiger partial charge in [0.1, 0.15) is 5.69 Å². The van der Waals surface area contributed by atoms with Crippen molar-refractivity contribution in [3.8, 4) is 11.5 Å². The molecule has 3 aromatic rings. The van der Waals surface area contributed by atoms with Gasteiger partial charge in [-0.3, -0.25) is 9.78 Å². The van der Waals surface area contributed by atoms with Crippen molar-refractivity contribution in [3.05, 3.63) is 48.2 Å². The van der Waals surface area contributed by atoms with E-state index in [1.54, 1.807) is 13.2 Å². The van der Waals surface area contributed by atoms with Gasteiger partial charge in [-0.05, 0) is 49.1 Å². The molecule has 2 aromatic heterocycles. The molecule has 1 amide bonds. The normalized spacial score (nSPS) is 20.2. The Labute approximate surface area is 153 Å². The van der Waals surface area contributed by atoms with Crippen LogP contribution in [0.3, 0.4) is 0 Å². The second kappa shape index (κ2) is 6.90. The zero-order valence-electron chi connectivity index (χ0n) is 15.3. The van der Waals surface area contributed by atoms with E-state index in [9.17, 15) is 4.79 Å². The zero-order chi connectivity index (χ0) is 18.1. The topological polar surface area (TPSA) is 59.8 Å². The summed E-state index contributed by atoms with van der Waals surface area (Å²) in [4.78, 5) is 21.4. The minimum atomic E-state index is -0.0906. The Bertz CT molecular complexity index is 932. The fourth-order valence-corrected chi connectivity index (χ4v) is 4.07. The Morgan fingerprint density at radius 1 is 1.23 bits per heavy atom. The van der Waals surface area contributed by atoms with Crippen LogP contribution < -0.4 is 5.32 Å². The molecule has 5 heteroatoms. The quantitative estimate of drug-likeness (QED) is 0.771. The van der Waals surface area contributed by atoms with Crippen LogP contribution in [0.2, 0.25) is 0 Å². The first-order valence-electron chi connectivity index (χ1n) is 9.33. The monoisotopic (exact) mass is 348 g/mol. The molecule has 26 heavy (non-hydrogen) atoms. The lowest BCUT2D eigenvalue weighted by molar-refractivity contribution is 0.0963. The molecule has 1 aliphatic carbocycles. The average molecular weight is 348 g/mol. The highest BCUT2D eigenvalue weighted by atomic mass is 16.1. The number of imidazole rings is 1. The highest BCUT2D eigenvalue weighted by molar-refractivity contribution is 5.97. The number of nitrogens with one attached hydrogen (secondary N) is 1. The van der Waals surface area contributed by atoms with Gasteiger partial charge in [0.05, 0.1) is 11.0 Å². The number of pyridine rings is 1. The largest absolute Gasteiger partial charge is 0.355 e. The summed E-state index contributed by atoms with van der Waals surface area (Å²) in [5, 5.41) is 2.68. The van der Waals surface area contributed by atoms with E-state index >= 15 is 0 Å². The first-order valence-corrected chi connectivity index (χ1v) is 9.33. The van der Waals surface area contributed by atoms with Crippen molar-refractivity contribution in [3.63, 3.8) is 0 Å². The van der Waals surface area contributed by atoms with Crippen molar-refractivity contribution in [2.24, 2.45) is 5.92 Å². The van der Waals surface area contributed by atoms with E-state index < -0.39 is 0 Å². The molecule has 0 radical (unpaired) electrons. The smallest absolute Gasteiger partial charge is 0.251 e. The molecular formula is C21H24N4O. The summed E-state index contributed by atoms with van der Waals surface area (Å²) in [6.07, 6.45) is 6.65. The maximum Gasteiger partial charge on any atom is 0.251 e. The number of benzene rings is 1. The lowest BCUT2D eigenvalue weighted by Gasteiger charge is -2.29. The predicted octanol–water partition coefficient (Wildman–Crippen LogP) is 4.21. The Morgan fingerprint density at radius 2 is 2.12 bits per heavy atom. The maximum absolute atomic E-state index is 12.0. The summed E-state index contributed by atoms with van der Waals surface area (Å²) in [5.41, 5.74) is 3.44. The van der Waals surface area contributed by atoms with Gasteiger partial charge in [-0.1, -0.05) is 25.8 Å². The molecule has 2 atom stereocenters. The van der Waals surface area contributed by atoms with Gasteiger partial charge < -0.3 is 9.88 Å². The Kier molecular flexibility index (Phi) is 4.45. The van der Waals surface area contributed by atoms with Gasteiger partial charge in [-0.2, -0.15) is 0 Å². The van der Waals surface area contributed by atoms with Crippen LogP contribution in [0.1, 0.15) is 49.0 Å². The number of amides is 1. The van der Waals surface area contributed by atoms with Crippen LogP contribution in [0.5, 0.6) is 0 Å². The van der Waals surface area contributed by atoms with Crippen molar-refractivity contribution in [1.29, 1.82) is 0 Å². The number of fused-ring (bicyclic) bond motifs is 1. The third kappa shape index (κ3) is 2.98. The first-order chi connectivity index (χ1) is 12.7. The highest BCUT2D eigenvalue weighted by Crippen LogP contribution is 2.37. The number of carbonyl (C=O) groups excluding carboxylic acids is 1. The van der Waals surface area contributed by atoms with Crippen molar-refractivity contribution in [1.82, 2.24) is 19.9 Å². The third-order valence-electron chi connectivity index (χ3n) is 5.35. The number of nitrogens with zero attached hydrogens (tertiary/aromatic N) is 3. The highest BCUT2D eigenvalue weighted by Gasteiger charge is 2.25. The van der Waals surface area contributed by atoms with E-state index in [4.69, 9.17) is 4.98 Å². The fourth-order valence-electron chi connectivity index (χ4n) is 4.07. The molecule has 1 N–H and O–H groups in total. The summed E-state index contributed by atoms with van der Waals surface area (Å²) in [5.74, 6) is 1.52. The van der Waals surface area contributed by atoms with Gasteiger partial charge in [0, 0.05) is 24.8 Å². The zero-order valence-corrected chi connectivity index (χ0v) is 15.3. The molecule has 1 saturated carbocycles.